The molecule has 1 aliphatic carbocycles. The molecule has 0 aliphatic heterocycles. The Labute approximate surface area is 152 Å². The molecule has 0 spiro atoms. The number of thioether (sulfide) groups is 1. The maximum absolute atomic E-state index is 12.1. The first-order chi connectivity index (χ1) is 12.1. The number of nitrogens with zero attached hydrogens (tertiary/aromatic N) is 3. The van der Waals surface area contributed by atoms with Crippen molar-refractivity contribution < 1.29 is 4.79 Å². The molecular weight excluding hydrogens is 334 g/mol. The van der Waals surface area contributed by atoms with E-state index in [1.807, 2.05) is 43.3 Å². The average molecular weight is 359 g/mol. The van der Waals surface area contributed by atoms with E-state index in [0.717, 1.165) is 29.5 Å². The minimum Gasteiger partial charge on any atom is -0.378 e. The molecule has 1 aliphatic rings. The molecule has 0 atom stereocenters. The van der Waals surface area contributed by atoms with Gasteiger partial charge in [-0.25, -0.2) is 4.98 Å². The van der Waals surface area contributed by atoms with Gasteiger partial charge < -0.3 is 10.2 Å². The fourth-order valence-electron chi connectivity index (χ4n) is 3.09. The van der Waals surface area contributed by atoms with Gasteiger partial charge in [0.2, 0.25) is 11.1 Å². The van der Waals surface area contributed by atoms with Crippen LogP contribution in [0, 0.1) is 5.92 Å². The van der Waals surface area contributed by atoms with Crippen molar-refractivity contribution in [3.8, 4) is 0 Å². The highest BCUT2D eigenvalue weighted by Gasteiger charge is 2.17. The molecular formula is C18H25N5OS. The van der Waals surface area contributed by atoms with Crippen LogP contribution in [0.4, 0.5) is 11.4 Å². The lowest BCUT2D eigenvalue weighted by molar-refractivity contribution is -0.113. The number of aromatic nitrogens is 3. The Hall–Kier alpha value is -2.02. The Bertz CT molecular complexity index is 692. The fraction of sp³-hybridized carbons (Fsp3) is 0.500. The molecule has 0 saturated heterocycles. The molecule has 1 aromatic carbocycles. The molecule has 0 radical (unpaired) electrons. The van der Waals surface area contributed by atoms with Crippen LogP contribution in [0.5, 0.6) is 0 Å². The van der Waals surface area contributed by atoms with Gasteiger partial charge in [-0.05, 0) is 30.2 Å². The number of anilines is 2. The van der Waals surface area contributed by atoms with Gasteiger partial charge >= 0.3 is 0 Å². The van der Waals surface area contributed by atoms with Crippen LogP contribution in [0.15, 0.2) is 29.4 Å². The number of H-pyrrole nitrogens is 1. The van der Waals surface area contributed by atoms with E-state index in [4.69, 9.17) is 0 Å². The second-order valence-electron chi connectivity index (χ2n) is 6.70. The van der Waals surface area contributed by atoms with Crippen molar-refractivity contribution in [3.63, 3.8) is 0 Å². The second-order valence-corrected chi connectivity index (χ2v) is 7.64. The highest BCUT2D eigenvalue weighted by molar-refractivity contribution is 7.99. The standard InChI is InChI=1S/C18H25N5OS/c1-23(2)15-9-7-14(8-10-15)19-17(24)12-25-18-20-16(21-22-18)11-13-5-3-4-6-13/h7-10,13H,3-6,11-12H2,1-2H3,(H,19,24)(H,20,21,22). The number of aromatic amines is 1. The third kappa shape index (κ3) is 5.22. The van der Waals surface area contributed by atoms with E-state index in [9.17, 15) is 4.79 Å². The number of hydrogen-bond acceptors (Lipinski definition) is 5. The summed E-state index contributed by atoms with van der Waals surface area (Å²) in [5.74, 6) is 1.92. The molecule has 25 heavy (non-hydrogen) atoms. The summed E-state index contributed by atoms with van der Waals surface area (Å²) in [4.78, 5) is 18.6. The minimum atomic E-state index is -0.0512. The van der Waals surface area contributed by atoms with Gasteiger partial charge in [0.05, 0.1) is 5.75 Å². The van der Waals surface area contributed by atoms with E-state index in [1.165, 1.54) is 37.4 Å². The van der Waals surface area contributed by atoms with Gasteiger partial charge in [-0.3, -0.25) is 9.89 Å². The summed E-state index contributed by atoms with van der Waals surface area (Å²) in [5, 5.41) is 10.8. The van der Waals surface area contributed by atoms with E-state index in [-0.39, 0.29) is 5.91 Å². The van der Waals surface area contributed by atoms with Gasteiger partial charge in [-0.1, -0.05) is 37.4 Å². The molecule has 6 nitrogen and oxygen atoms in total. The molecule has 1 amide bonds. The molecule has 2 N–H and O–H groups in total. The summed E-state index contributed by atoms with van der Waals surface area (Å²) >= 11 is 1.36. The third-order valence-corrected chi connectivity index (χ3v) is 5.32. The van der Waals surface area contributed by atoms with Crippen LogP contribution >= 0.6 is 11.8 Å². The van der Waals surface area contributed by atoms with Crippen molar-refractivity contribution in [1.29, 1.82) is 0 Å². The molecule has 0 bridgehead atoms. The molecule has 7 heteroatoms. The lowest BCUT2D eigenvalue weighted by atomic mass is 10.0. The Morgan fingerprint density at radius 2 is 2.00 bits per heavy atom. The van der Waals surface area contributed by atoms with Gasteiger partial charge in [-0.15, -0.1) is 5.10 Å². The Balaban J connectivity index is 1.44. The van der Waals surface area contributed by atoms with Crippen LogP contribution in [0.2, 0.25) is 0 Å². The lowest BCUT2D eigenvalue weighted by Gasteiger charge is -2.12. The normalized spacial score (nSPS) is 14.6. The van der Waals surface area contributed by atoms with Crippen molar-refractivity contribution in [2.75, 3.05) is 30.1 Å². The lowest BCUT2D eigenvalue weighted by Crippen LogP contribution is -2.14. The average Bonchev–Trinajstić information content (AvgIpc) is 3.26. The highest BCUT2D eigenvalue weighted by atomic mass is 32.2. The van der Waals surface area contributed by atoms with Crippen molar-refractivity contribution in [2.45, 2.75) is 37.3 Å². The van der Waals surface area contributed by atoms with E-state index in [0.29, 0.717) is 10.9 Å². The van der Waals surface area contributed by atoms with Crippen LogP contribution in [0.1, 0.15) is 31.5 Å². The zero-order chi connectivity index (χ0) is 17.6. The predicted octanol–water partition coefficient (Wildman–Crippen LogP) is 3.33. The number of rotatable bonds is 7. The molecule has 3 rings (SSSR count). The van der Waals surface area contributed by atoms with E-state index >= 15 is 0 Å². The molecule has 134 valence electrons. The molecule has 2 aromatic rings. The van der Waals surface area contributed by atoms with Crippen LogP contribution in [0.25, 0.3) is 0 Å². The van der Waals surface area contributed by atoms with Crippen LogP contribution in [-0.2, 0) is 11.2 Å². The Morgan fingerprint density at radius 3 is 2.68 bits per heavy atom. The summed E-state index contributed by atoms with van der Waals surface area (Å²) in [7, 11) is 3.98. The SMILES string of the molecule is CN(C)c1ccc(NC(=O)CSc2n[nH]c(CC3CCCC3)n2)cc1. The maximum atomic E-state index is 12.1. The van der Waals surface area contributed by atoms with E-state index in [2.05, 4.69) is 20.5 Å². The third-order valence-electron chi connectivity index (χ3n) is 4.47. The van der Waals surface area contributed by atoms with Gasteiger partial charge in [0.1, 0.15) is 5.82 Å². The summed E-state index contributed by atoms with van der Waals surface area (Å²) < 4.78 is 0. The smallest absolute Gasteiger partial charge is 0.234 e. The molecule has 1 heterocycles. The summed E-state index contributed by atoms with van der Waals surface area (Å²) in [6, 6.07) is 7.77. The summed E-state index contributed by atoms with van der Waals surface area (Å²) in [6.45, 7) is 0. The zero-order valence-corrected chi connectivity index (χ0v) is 15.6. The number of nitrogens with one attached hydrogen (secondary N) is 2. The topological polar surface area (TPSA) is 73.9 Å². The van der Waals surface area contributed by atoms with Gasteiger partial charge in [-0.2, -0.15) is 0 Å². The van der Waals surface area contributed by atoms with Crippen LogP contribution in [-0.4, -0.2) is 40.9 Å². The van der Waals surface area contributed by atoms with Crippen molar-refractivity contribution in [1.82, 2.24) is 15.2 Å². The van der Waals surface area contributed by atoms with Crippen molar-refractivity contribution in [2.24, 2.45) is 5.92 Å². The first-order valence-electron chi connectivity index (χ1n) is 8.71. The first kappa shape index (κ1) is 17.8. The van der Waals surface area contributed by atoms with Gasteiger partial charge in [0.25, 0.3) is 0 Å². The molecule has 1 aromatic heterocycles. The number of hydrogen-bond donors (Lipinski definition) is 2. The van der Waals surface area contributed by atoms with E-state index in [1.54, 1.807) is 0 Å². The summed E-state index contributed by atoms with van der Waals surface area (Å²) in [6.07, 6.45) is 6.21. The van der Waals surface area contributed by atoms with Gasteiger partial charge in [0.15, 0.2) is 0 Å². The number of benzene rings is 1. The van der Waals surface area contributed by atoms with Crippen molar-refractivity contribution >= 4 is 29.0 Å². The first-order valence-corrected chi connectivity index (χ1v) is 9.70. The summed E-state index contributed by atoms with van der Waals surface area (Å²) in [5.41, 5.74) is 1.90. The molecule has 1 saturated carbocycles. The second kappa shape index (κ2) is 8.38. The fourth-order valence-corrected chi connectivity index (χ4v) is 3.71. The number of amides is 1. The van der Waals surface area contributed by atoms with E-state index < -0.39 is 0 Å². The largest absolute Gasteiger partial charge is 0.378 e. The molecule has 1 fully saturated rings. The molecule has 0 unspecified atom stereocenters. The Morgan fingerprint density at radius 1 is 1.28 bits per heavy atom. The zero-order valence-electron chi connectivity index (χ0n) is 14.8. The highest BCUT2D eigenvalue weighted by Crippen LogP contribution is 2.27. The quantitative estimate of drug-likeness (QED) is 0.742. The predicted molar refractivity (Wildman–Crippen MR) is 102 cm³/mol. The maximum Gasteiger partial charge on any atom is 0.234 e. The van der Waals surface area contributed by atoms with Crippen LogP contribution < -0.4 is 10.2 Å². The van der Waals surface area contributed by atoms with Crippen LogP contribution in [0.3, 0.4) is 0 Å². The monoisotopic (exact) mass is 359 g/mol. The van der Waals surface area contributed by atoms with Crippen molar-refractivity contribution in [3.05, 3.63) is 30.1 Å². The van der Waals surface area contributed by atoms with Gasteiger partial charge in [0, 0.05) is 31.9 Å². The minimum absolute atomic E-state index is 0.0512. The number of carbonyl (C=O) groups is 1. The Kier molecular flexibility index (Phi) is 5.96. The number of carbonyl (C=O) groups excluding carboxylic acids is 1.